The van der Waals surface area contributed by atoms with Gasteiger partial charge in [0.1, 0.15) is 11.4 Å². The van der Waals surface area contributed by atoms with E-state index >= 15 is 0 Å². The highest BCUT2D eigenvalue weighted by atomic mass is 16.5. The average molecular weight is 390 g/mol. The van der Waals surface area contributed by atoms with E-state index in [0.29, 0.717) is 22.7 Å². The van der Waals surface area contributed by atoms with Gasteiger partial charge in [-0.1, -0.05) is 24.3 Å². The number of carbonyl (C=O) groups is 2. The highest BCUT2D eigenvalue weighted by Gasteiger charge is 2.18. The Labute approximate surface area is 169 Å². The SMILES string of the molecule is COc1cccc(-c2ccc(C)c(C(=O)Nc3c(C)ccc(C(=O)O)c3C)n2)c1. The predicted octanol–water partition coefficient (Wildman–Crippen LogP) is 4.63. The first kappa shape index (κ1) is 20.1. The fraction of sp³-hybridized carbons (Fsp3) is 0.174. The Kier molecular flexibility index (Phi) is 5.64. The monoisotopic (exact) mass is 390 g/mol. The molecular weight excluding hydrogens is 368 g/mol. The van der Waals surface area contributed by atoms with Crippen LogP contribution in [-0.2, 0) is 0 Å². The fourth-order valence-electron chi connectivity index (χ4n) is 3.15. The number of nitrogens with one attached hydrogen (secondary N) is 1. The van der Waals surface area contributed by atoms with Gasteiger partial charge in [-0.3, -0.25) is 4.79 Å². The van der Waals surface area contributed by atoms with Crippen molar-refractivity contribution in [2.45, 2.75) is 20.8 Å². The number of aryl methyl sites for hydroxylation is 2. The minimum Gasteiger partial charge on any atom is -0.497 e. The molecule has 0 radical (unpaired) electrons. The van der Waals surface area contributed by atoms with Gasteiger partial charge >= 0.3 is 5.97 Å². The van der Waals surface area contributed by atoms with Crippen molar-refractivity contribution in [2.24, 2.45) is 0 Å². The van der Waals surface area contributed by atoms with Crippen molar-refractivity contribution in [2.75, 3.05) is 12.4 Å². The zero-order chi connectivity index (χ0) is 21.1. The van der Waals surface area contributed by atoms with Gasteiger partial charge in [0.2, 0.25) is 0 Å². The van der Waals surface area contributed by atoms with Crippen LogP contribution in [0.15, 0.2) is 48.5 Å². The molecule has 1 amide bonds. The van der Waals surface area contributed by atoms with Crippen molar-refractivity contribution in [3.8, 4) is 17.0 Å². The third kappa shape index (κ3) is 4.11. The summed E-state index contributed by atoms with van der Waals surface area (Å²) in [6.07, 6.45) is 0. The molecule has 0 fully saturated rings. The number of pyridine rings is 1. The van der Waals surface area contributed by atoms with Gasteiger partial charge in [0.25, 0.3) is 5.91 Å². The normalized spacial score (nSPS) is 10.5. The molecule has 0 saturated carbocycles. The number of ether oxygens (including phenoxy) is 1. The van der Waals surface area contributed by atoms with Gasteiger partial charge in [-0.2, -0.15) is 0 Å². The molecule has 0 saturated heterocycles. The molecule has 1 heterocycles. The quantitative estimate of drug-likeness (QED) is 0.663. The highest BCUT2D eigenvalue weighted by Crippen LogP contribution is 2.26. The van der Waals surface area contributed by atoms with Crippen LogP contribution < -0.4 is 10.1 Å². The molecule has 3 rings (SSSR count). The molecule has 3 aromatic rings. The molecule has 0 aliphatic rings. The fourth-order valence-corrected chi connectivity index (χ4v) is 3.15. The third-order valence-corrected chi connectivity index (χ3v) is 4.82. The minimum absolute atomic E-state index is 0.153. The van der Waals surface area contributed by atoms with Crippen LogP contribution in [-0.4, -0.2) is 29.1 Å². The van der Waals surface area contributed by atoms with E-state index < -0.39 is 5.97 Å². The number of aromatic carboxylic acids is 1. The molecule has 0 atom stereocenters. The van der Waals surface area contributed by atoms with Crippen LogP contribution in [0.5, 0.6) is 5.75 Å². The van der Waals surface area contributed by atoms with Crippen LogP contribution in [0.2, 0.25) is 0 Å². The molecule has 0 bridgehead atoms. The summed E-state index contributed by atoms with van der Waals surface area (Å²) in [7, 11) is 1.59. The topological polar surface area (TPSA) is 88.5 Å². The second-order valence-corrected chi connectivity index (χ2v) is 6.78. The summed E-state index contributed by atoms with van der Waals surface area (Å²) in [5, 5.41) is 12.2. The number of rotatable bonds is 5. The van der Waals surface area contributed by atoms with Crippen molar-refractivity contribution >= 4 is 17.6 Å². The lowest BCUT2D eigenvalue weighted by Crippen LogP contribution is -2.18. The summed E-state index contributed by atoms with van der Waals surface area (Å²) in [4.78, 5) is 28.9. The number of carboxylic acids is 1. The van der Waals surface area contributed by atoms with Gasteiger partial charge in [0.15, 0.2) is 0 Å². The van der Waals surface area contributed by atoms with Gasteiger partial charge in [-0.05, 0) is 61.7 Å². The Bertz CT molecular complexity index is 1110. The standard InChI is InChI=1S/C23H22N2O4/c1-13-8-10-18(23(27)28)15(3)20(13)25-22(26)21-14(2)9-11-19(24-21)16-6-5-7-17(12-16)29-4/h5-12H,1-4H3,(H,25,26)(H,27,28). The zero-order valence-corrected chi connectivity index (χ0v) is 16.7. The molecule has 0 spiro atoms. The smallest absolute Gasteiger partial charge is 0.336 e. The van der Waals surface area contributed by atoms with E-state index in [1.807, 2.05) is 50.2 Å². The summed E-state index contributed by atoms with van der Waals surface area (Å²) < 4.78 is 5.26. The molecule has 0 unspecified atom stereocenters. The van der Waals surface area contributed by atoms with Crippen molar-refractivity contribution < 1.29 is 19.4 Å². The molecular formula is C23H22N2O4. The zero-order valence-electron chi connectivity index (χ0n) is 16.7. The van der Waals surface area contributed by atoms with E-state index in [4.69, 9.17) is 4.74 Å². The Balaban J connectivity index is 1.98. The first-order chi connectivity index (χ1) is 13.8. The van der Waals surface area contributed by atoms with Gasteiger partial charge in [0, 0.05) is 11.3 Å². The number of carboxylic acid groups (broad SMARTS) is 1. The maximum absolute atomic E-state index is 13.0. The van der Waals surface area contributed by atoms with Gasteiger partial charge in [-0.25, -0.2) is 9.78 Å². The first-order valence-electron chi connectivity index (χ1n) is 9.08. The molecule has 6 heteroatoms. The Morgan fingerprint density at radius 2 is 1.72 bits per heavy atom. The van der Waals surface area contributed by atoms with Crippen LogP contribution in [0.3, 0.4) is 0 Å². The molecule has 0 aliphatic carbocycles. The number of nitrogens with zero attached hydrogens (tertiary/aromatic N) is 1. The lowest BCUT2D eigenvalue weighted by molar-refractivity contribution is 0.0695. The number of hydrogen-bond donors (Lipinski definition) is 2. The van der Waals surface area contributed by atoms with E-state index in [2.05, 4.69) is 10.3 Å². The average Bonchev–Trinajstić information content (AvgIpc) is 2.71. The Morgan fingerprint density at radius 3 is 2.41 bits per heavy atom. The van der Waals surface area contributed by atoms with Gasteiger partial charge in [0.05, 0.1) is 18.4 Å². The Hall–Kier alpha value is -3.67. The summed E-state index contributed by atoms with van der Waals surface area (Å²) in [6, 6.07) is 14.4. The summed E-state index contributed by atoms with van der Waals surface area (Å²) in [5.74, 6) is -0.721. The maximum atomic E-state index is 13.0. The van der Waals surface area contributed by atoms with Crippen molar-refractivity contribution in [1.82, 2.24) is 4.98 Å². The maximum Gasteiger partial charge on any atom is 0.336 e. The van der Waals surface area contributed by atoms with Crippen molar-refractivity contribution in [3.05, 3.63) is 76.5 Å². The number of methoxy groups -OCH3 is 1. The molecule has 1 aromatic heterocycles. The number of carbonyl (C=O) groups excluding carboxylic acids is 1. The van der Waals surface area contributed by atoms with E-state index in [9.17, 15) is 14.7 Å². The van der Waals surface area contributed by atoms with Crippen molar-refractivity contribution in [3.63, 3.8) is 0 Å². The van der Waals surface area contributed by atoms with Crippen LogP contribution in [0.4, 0.5) is 5.69 Å². The largest absolute Gasteiger partial charge is 0.497 e. The molecule has 6 nitrogen and oxygen atoms in total. The van der Waals surface area contributed by atoms with E-state index in [1.165, 1.54) is 6.07 Å². The third-order valence-electron chi connectivity index (χ3n) is 4.82. The predicted molar refractivity (Wildman–Crippen MR) is 112 cm³/mol. The molecule has 29 heavy (non-hydrogen) atoms. The lowest BCUT2D eigenvalue weighted by atomic mass is 10.0. The Morgan fingerprint density at radius 1 is 1.00 bits per heavy atom. The van der Waals surface area contributed by atoms with E-state index in [1.54, 1.807) is 20.1 Å². The second kappa shape index (κ2) is 8.14. The number of hydrogen-bond acceptors (Lipinski definition) is 4. The minimum atomic E-state index is -1.03. The van der Waals surface area contributed by atoms with E-state index in [-0.39, 0.29) is 17.2 Å². The number of amides is 1. The highest BCUT2D eigenvalue weighted by molar-refractivity contribution is 6.06. The van der Waals surface area contributed by atoms with Crippen LogP contribution in [0, 0.1) is 20.8 Å². The molecule has 0 aliphatic heterocycles. The summed E-state index contributed by atoms with van der Waals surface area (Å²) in [5.41, 5.74) is 4.41. The first-order valence-corrected chi connectivity index (χ1v) is 9.08. The summed E-state index contributed by atoms with van der Waals surface area (Å²) in [6.45, 7) is 5.31. The second-order valence-electron chi connectivity index (χ2n) is 6.78. The summed E-state index contributed by atoms with van der Waals surface area (Å²) >= 11 is 0. The van der Waals surface area contributed by atoms with Gasteiger partial charge in [-0.15, -0.1) is 0 Å². The number of anilines is 1. The van der Waals surface area contributed by atoms with E-state index in [0.717, 1.165) is 16.7 Å². The molecule has 2 aromatic carbocycles. The molecule has 148 valence electrons. The number of benzene rings is 2. The number of aromatic nitrogens is 1. The van der Waals surface area contributed by atoms with Crippen LogP contribution >= 0.6 is 0 Å². The van der Waals surface area contributed by atoms with Crippen LogP contribution in [0.25, 0.3) is 11.3 Å². The van der Waals surface area contributed by atoms with Crippen molar-refractivity contribution in [1.29, 1.82) is 0 Å². The van der Waals surface area contributed by atoms with Crippen LogP contribution in [0.1, 0.15) is 37.5 Å². The molecule has 2 N–H and O–H groups in total. The lowest BCUT2D eigenvalue weighted by Gasteiger charge is -2.15. The van der Waals surface area contributed by atoms with Gasteiger partial charge < -0.3 is 15.2 Å².